The Morgan fingerprint density at radius 3 is 2.62 bits per heavy atom. The first-order chi connectivity index (χ1) is 7.45. The summed E-state index contributed by atoms with van der Waals surface area (Å²) in [5, 5.41) is 0. The van der Waals surface area contributed by atoms with Gasteiger partial charge in [0.05, 0.1) is 18.1 Å². The molecule has 0 radical (unpaired) electrons. The van der Waals surface area contributed by atoms with Gasteiger partial charge in [-0.1, -0.05) is 6.92 Å². The van der Waals surface area contributed by atoms with E-state index < -0.39 is 9.84 Å². The van der Waals surface area contributed by atoms with Gasteiger partial charge in [0, 0.05) is 17.3 Å². The molecule has 16 heavy (non-hydrogen) atoms. The van der Waals surface area contributed by atoms with Crippen LogP contribution in [0.1, 0.15) is 31.3 Å². The average Bonchev–Trinajstić information content (AvgIpc) is 2.72. The minimum atomic E-state index is -2.82. The summed E-state index contributed by atoms with van der Waals surface area (Å²) in [5.74, 6) is 1.28. The molecular weight excluding hydrogens is 226 g/mol. The lowest BCUT2D eigenvalue weighted by atomic mass is 9.81. The Kier molecular flexibility index (Phi) is 2.79. The third-order valence-corrected chi connectivity index (χ3v) is 5.05. The van der Waals surface area contributed by atoms with Crippen molar-refractivity contribution < 1.29 is 8.42 Å². The molecule has 0 aromatic carbocycles. The van der Waals surface area contributed by atoms with Gasteiger partial charge in [-0.25, -0.2) is 13.4 Å². The molecule has 0 aliphatic carbocycles. The van der Waals surface area contributed by atoms with Gasteiger partial charge in [0.25, 0.3) is 0 Å². The molecule has 2 rings (SSSR count). The van der Waals surface area contributed by atoms with Crippen LogP contribution in [0.15, 0.2) is 6.20 Å². The van der Waals surface area contributed by atoms with Crippen molar-refractivity contribution in [1.29, 1.82) is 0 Å². The predicted octanol–water partition coefficient (Wildman–Crippen LogP) is 0.335. The van der Waals surface area contributed by atoms with E-state index in [4.69, 9.17) is 5.73 Å². The molecule has 1 aliphatic heterocycles. The number of nitrogens with zero attached hydrogens (tertiary/aromatic N) is 1. The highest BCUT2D eigenvalue weighted by molar-refractivity contribution is 7.91. The summed E-state index contributed by atoms with van der Waals surface area (Å²) in [6, 6.07) is 0. The van der Waals surface area contributed by atoms with Gasteiger partial charge in [-0.2, -0.15) is 0 Å². The smallest absolute Gasteiger partial charge is 0.150 e. The highest BCUT2D eigenvalue weighted by Crippen LogP contribution is 2.34. The summed E-state index contributed by atoms with van der Waals surface area (Å²) in [6.45, 7) is 2.46. The number of H-pyrrole nitrogens is 1. The lowest BCUT2D eigenvalue weighted by Crippen LogP contribution is -2.34. The van der Waals surface area contributed by atoms with Crippen molar-refractivity contribution in [1.82, 2.24) is 9.97 Å². The monoisotopic (exact) mass is 243 g/mol. The van der Waals surface area contributed by atoms with Crippen molar-refractivity contribution in [3.05, 3.63) is 17.7 Å². The van der Waals surface area contributed by atoms with Crippen LogP contribution in [0.4, 0.5) is 0 Å². The molecule has 1 aliphatic rings. The first-order valence-electron chi connectivity index (χ1n) is 5.40. The Morgan fingerprint density at radius 1 is 1.50 bits per heavy atom. The molecule has 90 valence electrons. The van der Waals surface area contributed by atoms with Crippen molar-refractivity contribution in [2.45, 2.75) is 31.7 Å². The standard InChI is InChI=1S/C10H17N3O2S/c1-10(2-4-16(14,15)5-3-10)8-7-12-9(6-11)13-8/h7H,2-6,11H2,1H3,(H,12,13). The zero-order chi connectivity index (χ0) is 11.8. The van der Waals surface area contributed by atoms with Gasteiger partial charge in [-0.15, -0.1) is 0 Å². The number of aromatic amines is 1. The molecule has 6 heteroatoms. The van der Waals surface area contributed by atoms with E-state index in [1.54, 1.807) is 6.20 Å². The Bertz CT molecular complexity index is 464. The summed E-state index contributed by atoms with van der Waals surface area (Å²) in [4.78, 5) is 7.33. The summed E-state index contributed by atoms with van der Waals surface area (Å²) < 4.78 is 22.8. The zero-order valence-corrected chi connectivity index (χ0v) is 10.2. The molecule has 0 unspecified atom stereocenters. The fourth-order valence-electron chi connectivity index (χ4n) is 2.03. The van der Waals surface area contributed by atoms with E-state index in [2.05, 4.69) is 16.9 Å². The van der Waals surface area contributed by atoms with Crippen molar-refractivity contribution in [3.8, 4) is 0 Å². The van der Waals surface area contributed by atoms with Crippen LogP contribution in [0.25, 0.3) is 0 Å². The fraction of sp³-hybridized carbons (Fsp3) is 0.700. The maximum absolute atomic E-state index is 11.4. The second-order valence-electron chi connectivity index (χ2n) is 4.66. The minimum absolute atomic E-state index is 0.105. The Labute approximate surface area is 95.4 Å². The number of aromatic nitrogens is 2. The Morgan fingerprint density at radius 2 is 2.12 bits per heavy atom. The summed E-state index contributed by atoms with van der Waals surface area (Å²) in [6.07, 6.45) is 3.09. The molecular formula is C10H17N3O2S. The second-order valence-corrected chi connectivity index (χ2v) is 6.96. The van der Waals surface area contributed by atoms with E-state index in [-0.39, 0.29) is 16.9 Å². The average molecular weight is 243 g/mol. The van der Waals surface area contributed by atoms with Crippen LogP contribution < -0.4 is 5.73 Å². The fourth-order valence-corrected chi connectivity index (χ4v) is 3.76. The van der Waals surface area contributed by atoms with Crippen LogP contribution in [-0.2, 0) is 21.8 Å². The van der Waals surface area contributed by atoms with Gasteiger partial charge in [-0.3, -0.25) is 0 Å². The van der Waals surface area contributed by atoms with Crippen LogP contribution in [0.3, 0.4) is 0 Å². The number of hydrogen-bond acceptors (Lipinski definition) is 4. The van der Waals surface area contributed by atoms with E-state index in [9.17, 15) is 8.42 Å². The largest absolute Gasteiger partial charge is 0.344 e. The first kappa shape index (κ1) is 11.6. The number of hydrogen-bond donors (Lipinski definition) is 2. The Balaban J connectivity index is 2.20. The highest BCUT2D eigenvalue weighted by Gasteiger charge is 2.35. The molecule has 3 N–H and O–H groups in total. The third-order valence-electron chi connectivity index (χ3n) is 3.40. The number of nitrogens with one attached hydrogen (secondary N) is 1. The lowest BCUT2D eigenvalue weighted by molar-refractivity contribution is 0.409. The molecule has 0 bridgehead atoms. The number of imidazole rings is 1. The molecule has 1 aromatic heterocycles. The number of nitrogens with two attached hydrogens (primary N) is 1. The van der Waals surface area contributed by atoms with E-state index in [1.807, 2.05) is 0 Å². The molecule has 1 saturated heterocycles. The van der Waals surface area contributed by atoms with Crippen LogP contribution in [0.2, 0.25) is 0 Å². The molecule has 2 heterocycles. The summed E-state index contributed by atoms with van der Waals surface area (Å²) in [5.41, 5.74) is 6.39. The van der Waals surface area contributed by atoms with E-state index in [0.717, 1.165) is 11.5 Å². The number of rotatable bonds is 2. The molecule has 0 saturated carbocycles. The van der Waals surface area contributed by atoms with Crippen molar-refractivity contribution in [2.75, 3.05) is 11.5 Å². The quantitative estimate of drug-likeness (QED) is 0.783. The van der Waals surface area contributed by atoms with E-state index >= 15 is 0 Å². The highest BCUT2D eigenvalue weighted by atomic mass is 32.2. The molecule has 5 nitrogen and oxygen atoms in total. The van der Waals surface area contributed by atoms with E-state index in [0.29, 0.717) is 19.4 Å². The topological polar surface area (TPSA) is 88.8 Å². The van der Waals surface area contributed by atoms with Gasteiger partial charge in [0.2, 0.25) is 0 Å². The van der Waals surface area contributed by atoms with Crippen LogP contribution in [-0.4, -0.2) is 29.9 Å². The van der Waals surface area contributed by atoms with Gasteiger partial charge in [0.15, 0.2) is 0 Å². The molecule has 1 fully saturated rings. The lowest BCUT2D eigenvalue weighted by Gasteiger charge is -2.32. The second kappa shape index (κ2) is 3.85. The SMILES string of the molecule is CC1(c2cnc(CN)[nH]2)CCS(=O)(=O)CC1. The maximum Gasteiger partial charge on any atom is 0.150 e. The summed E-state index contributed by atoms with van der Waals surface area (Å²) in [7, 11) is -2.82. The van der Waals surface area contributed by atoms with Crippen LogP contribution in [0.5, 0.6) is 0 Å². The van der Waals surface area contributed by atoms with Crippen molar-refractivity contribution >= 4 is 9.84 Å². The third kappa shape index (κ3) is 2.12. The maximum atomic E-state index is 11.4. The molecule has 0 amide bonds. The molecule has 1 aromatic rings. The first-order valence-corrected chi connectivity index (χ1v) is 7.22. The van der Waals surface area contributed by atoms with E-state index in [1.165, 1.54) is 0 Å². The zero-order valence-electron chi connectivity index (χ0n) is 9.36. The predicted molar refractivity (Wildman–Crippen MR) is 61.7 cm³/mol. The molecule has 0 spiro atoms. The number of sulfone groups is 1. The molecule has 0 atom stereocenters. The van der Waals surface area contributed by atoms with Gasteiger partial charge < -0.3 is 10.7 Å². The van der Waals surface area contributed by atoms with Crippen LogP contribution >= 0.6 is 0 Å². The van der Waals surface area contributed by atoms with Gasteiger partial charge >= 0.3 is 0 Å². The van der Waals surface area contributed by atoms with Crippen LogP contribution in [0, 0.1) is 0 Å². The minimum Gasteiger partial charge on any atom is -0.344 e. The summed E-state index contributed by atoms with van der Waals surface area (Å²) >= 11 is 0. The van der Waals surface area contributed by atoms with Gasteiger partial charge in [-0.05, 0) is 12.8 Å². The Hall–Kier alpha value is -0.880. The normalized spacial score (nSPS) is 23.1. The van der Waals surface area contributed by atoms with Gasteiger partial charge in [0.1, 0.15) is 15.7 Å². The van der Waals surface area contributed by atoms with Crippen molar-refractivity contribution in [2.24, 2.45) is 5.73 Å². The van der Waals surface area contributed by atoms with Crippen molar-refractivity contribution in [3.63, 3.8) is 0 Å².